The molecule has 0 unspecified atom stereocenters. The van der Waals surface area contributed by atoms with Crippen LogP contribution >= 0.6 is 0 Å². The van der Waals surface area contributed by atoms with Crippen molar-refractivity contribution < 1.29 is 14.6 Å². The van der Waals surface area contributed by atoms with Crippen LogP contribution in [0.1, 0.15) is 10.4 Å². The fraction of sp³-hybridized carbons (Fsp3) is 0.0769. The highest BCUT2D eigenvalue weighted by molar-refractivity contribution is 5.95. The fourth-order valence-corrected chi connectivity index (χ4v) is 1.66. The standard InChI is InChI=1S/C13H11NO4/c1-18-9-4-2-8(3-5-9)11-7-14-12(15)6-10(11)13(16)17/h2-7H,1H3,(H,14,15)(H,16,17). The van der Waals surface area contributed by atoms with Crippen molar-refractivity contribution in [3.05, 3.63) is 52.4 Å². The van der Waals surface area contributed by atoms with Crippen LogP contribution in [0.4, 0.5) is 0 Å². The molecule has 0 saturated heterocycles. The van der Waals surface area contributed by atoms with Crippen molar-refractivity contribution in [2.24, 2.45) is 0 Å². The summed E-state index contributed by atoms with van der Waals surface area (Å²) in [5, 5.41) is 9.07. The van der Waals surface area contributed by atoms with E-state index in [4.69, 9.17) is 9.84 Å². The molecular formula is C13H11NO4. The summed E-state index contributed by atoms with van der Waals surface area (Å²) in [5.41, 5.74) is 0.697. The van der Waals surface area contributed by atoms with Gasteiger partial charge in [-0.15, -0.1) is 0 Å². The maximum absolute atomic E-state index is 11.1. The van der Waals surface area contributed by atoms with Crippen molar-refractivity contribution in [3.8, 4) is 16.9 Å². The number of carboxylic acids is 1. The minimum Gasteiger partial charge on any atom is -0.497 e. The highest BCUT2D eigenvalue weighted by Crippen LogP contribution is 2.24. The predicted octanol–water partition coefficient (Wildman–Crippen LogP) is 1.75. The van der Waals surface area contributed by atoms with Gasteiger partial charge >= 0.3 is 5.97 Å². The zero-order valence-electron chi connectivity index (χ0n) is 9.64. The third-order valence-corrected chi connectivity index (χ3v) is 2.56. The number of methoxy groups -OCH3 is 1. The Kier molecular flexibility index (Phi) is 3.14. The monoisotopic (exact) mass is 245 g/mol. The number of ether oxygens (including phenoxy) is 1. The van der Waals surface area contributed by atoms with E-state index in [0.717, 1.165) is 6.07 Å². The third-order valence-electron chi connectivity index (χ3n) is 2.56. The summed E-state index contributed by atoms with van der Waals surface area (Å²) in [6, 6.07) is 8.00. The summed E-state index contributed by atoms with van der Waals surface area (Å²) in [4.78, 5) is 24.7. The van der Waals surface area contributed by atoms with Crippen molar-refractivity contribution in [1.82, 2.24) is 4.98 Å². The molecular weight excluding hydrogens is 234 g/mol. The van der Waals surface area contributed by atoms with Crippen LogP contribution in [0, 0.1) is 0 Å². The summed E-state index contributed by atoms with van der Waals surface area (Å²) in [5.74, 6) is -0.452. The van der Waals surface area contributed by atoms with Gasteiger partial charge in [-0.25, -0.2) is 4.79 Å². The number of aromatic nitrogens is 1. The van der Waals surface area contributed by atoms with Crippen molar-refractivity contribution >= 4 is 5.97 Å². The van der Waals surface area contributed by atoms with Gasteiger partial charge in [0.1, 0.15) is 5.75 Å². The molecule has 0 aliphatic rings. The van der Waals surface area contributed by atoms with Gasteiger partial charge < -0.3 is 14.8 Å². The first kappa shape index (κ1) is 11.9. The molecule has 0 radical (unpaired) electrons. The number of hydrogen-bond acceptors (Lipinski definition) is 3. The molecule has 0 aliphatic carbocycles. The summed E-state index contributed by atoms with van der Waals surface area (Å²) in [6.07, 6.45) is 1.40. The first-order valence-corrected chi connectivity index (χ1v) is 5.22. The number of nitrogens with one attached hydrogen (secondary N) is 1. The van der Waals surface area contributed by atoms with Crippen molar-refractivity contribution in [2.75, 3.05) is 7.11 Å². The number of benzene rings is 1. The molecule has 0 spiro atoms. The van der Waals surface area contributed by atoms with Crippen LogP contribution < -0.4 is 10.3 Å². The number of carboxylic acid groups (broad SMARTS) is 1. The molecule has 0 fully saturated rings. The molecule has 0 atom stereocenters. The quantitative estimate of drug-likeness (QED) is 0.863. The molecule has 0 saturated carbocycles. The summed E-state index contributed by atoms with van der Waals surface area (Å²) in [6.45, 7) is 0. The minimum absolute atomic E-state index is 0.0242. The number of carbonyl (C=O) groups is 1. The van der Waals surface area contributed by atoms with Crippen molar-refractivity contribution in [3.63, 3.8) is 0 Å². The summed E-state index contributed by atoms with van der Waals surface area (Å²) in [7, 11) is 1.55. The third kappa shape index (κ3) is 2.24. The van der Waals surface area contributed by atoms with Gasteiger partial charge in [0.25, 0.3) is 0 Å². The Morgan fingerprint density at radius 3 is 2.50 bits per heavy atom. The summed E-state index contributed by atoms with van der Waals surface area (Å²) >= 11 is 0. The van der Waals surface area contributed by atoms with Gasteiger partial charge in [-0.2, -0.15) is 0 Å². The Labute approximate surface area is 103 Å². The second kappa shape index (κ2) is 4.75. The van der Waals surface area contributed by atoms with E-state index in [0.29, 0.717) is 16.9 Å². The van der Waals surface area contributed by atoms with E-state index in [1.54, 1.807) is 31.4 Å². The number of H-pyrrole nitrogens is 1. The topological polar surface area (TPSA) is 79.4 Å². The molecule has 0 aliphatic heterocycles. The Morgan fingerprint density at radius 2 is 1.94 bits per heavy atom. The maximum Gasteiger partial charge on any atom is 0.336 e. The fourth-order valence-electron chi connectivity index (χ4n) is 1.66. The minimum atomic E-state index is -1.13. The van der Waals surface area contributed by atoms with Gasteiger partial charge in [0.15, 0.2) is 0 Å². The normalized spacial score (nSPS) is 10.1. The number of aromatic carboxylic acids is 1. The lowest BCUT2D eigenvalue weighted by molar-refractivity contribution is 0.0697. The molecule has 2 N–H and O–H groups in total. The van der Waals surface area contributed by atoms with Gasteiger partial charge in [0.05, 0.1) is 12.7 Å². The van der Waals surface area contributed by atoms with E-state index in [2.05, 4.69) is 4.98 Å². The second-order valence-corrected chi connectivity index (χ2v) is 3.66. The largest absolute Gasteiger partial charge is 0.497 e. The zero-order valence-corrected chi connectivity index (χ0v) is 9.64. The summed E-state index contributed by atoms with van der Waals surface area (Å²) < 4.78 is 5.03. The molecule has 0 amide bonds. The van der Waals surface area contributed by atoms with Crippen molar-refractivity contribution in [1.29, 1.82) is 0 Å². The molecule has 1 aromatic heterocycles. The van der Waals surface area contributed by atoms with Crippen LogP contribution in [0.5, 0.6) is 5.75 Å². The molecule has 0 bridgehead atoms. The van der Waals surface area contributed by atoms with Gasteiger partial charge in [-0.1, -0.05) is 12.1 Å². The Hall–Kier alpha value is -2.56. The van der Waals surface area contributed by atoms with Crippen LogP contribution in [0.2, 0.25) is 0 Å². The number of hydrogen-bond donors (Lipinski definition) is 2. The lowest BCUT2D eigenvalue weighted by atomic mass is 10.0. The molecule has 5 heteroatoms. The maximum atomic E-state index is 11.1. The number of rotatable bonds is 3. The zero-order chi connectivity index (χ0) is 13.1. The molecule has 18 heavy (non-hydrogen) atoms. The first-order chi connectivity index (χ1) is 8.61. The van der Waals surface area contributed by atoms with Crippen LogP contribution in [-0.4, -0.2) is 23.2 Å². The molecule has 92 valence electrons. The molecule has 1 heterocycles. The van der Waals surface area contributed by atoms with E-state index >= 15 is 0 Å². The van der Waals surface area contributed by atoms with Crippen molar-refractivity contribution in [2.45, 2.75) is 0 Å². The predicted molar refractivity (Wildman–Crippen MR) is 66.0 cm³/mol. The van der Waals surface area contributed by atoms with E-state index in [9.17, 15) is 9.59 Å². The van der Waals surface area contributed by atoms with E-state index < -0.39 is 11.5 Å². The van der Waals surface area contributed by atoms with Crippen LogP contribution in [0.3, 0.4) is 0 Å². The van der Waals surface area contributed by atoms with E-state index in [1.807, 2.05) is 0 Å². The van der Waals surface area contributed by atoms with Crippen LogP contribution in [-0.2, 0) is 0 Å². The lowest BCUT2D eigenvalue weighted by Crippen LogP contribution is -2.10. The van der Waals surface area contributed by atoms with E-state index in [-0.39, 0.29) is 5.56 Å². The highest BCUT2D eigenvalue weighted by Gasteiger charge is 2.12. The van der Waals surface area contributed by atoms with Gasteiger partial charge in [-0.3, -0.25) is 4.79 Å². The van der Waals surface area contributed by atoms with E-state index in [1.165, 1.54) is 6.20 Å². The first-order valence-electron chi connectivity index (χ1n) is 5.22. The number of aromatic amines is 1. The Bertz CT molecular complexity index is 628. The number of pyridine rings is 1. The SMILES string of the molecule is COc1ccc(-c2c[nH]c(=O)cc2C(=O)O)cc1. The average Bonchev–Trinajstić information content (AvgIpc) is 2.39. The van der Waals surface area contributed by atoms with Gasteiger partial charge in [-0.05, 0) is 17.7 Å². The molecule has 5 nitrogen and oxygen atoms in total. The van der Waals surface area contributed by atoms with Gasteiger partial charge in [0, 0.05) is 17.8 Å². The lowest BCUT2D eigenvalue weighted by Gasteiger charge is -2.06. The Morgan fingerprint density at radius 1 is 1.28 bits per heavy atom. The highest BCUT2D eigenvalue weighted by atomic mass is 16.5. The molecule has 1 aromatic carbocycles. The Balaban J connectivity index is 2.55. The van der Waals surface area contributed by atoms with Gasteiger partial charge in [0.2, 0.25) is 5.56 Å². The smallest absolute Gasteiger partial charge is 0.336 e. The average molecular weight is 245 g/mol. The second-order valence-electron chi connectivity index (χ2n) is 3.66. The molecule has 2 aromatic rings. The van der Waals surface area contributed by atoms with Crippen LogP contribution in [0.25, 0.3) is 11.1 Å². The molecule has 2 rings (SSSR count). The van der Waals surface area contributed by atoms with Crippen LogP contribution in [0.15, 0.2) is 41.3 Å².